The maximum atomic E-state index is 3.70. The molecule has 0 spiro atoms. The third-order valence-corrected chi connectivity index (χ3v) is 4.64. The number of hydrogen-bond acceptors (Lipinski definition) is 2. The predicted octanol–water partition coefficient (Wildman–Crippen LogP) is 4.65. The van der Waals surface area contributed by atoms with Crippen LogP contribution in [-0.2, 0) is 0 Å². The highest BCUT2D eigenvalue weighted by molar-refractivity contribution is 7.98. The highest BCUT2D eigenvalue weighted by atomic mass is 32.2. The zero-order chi connectivity index (χ0) is 12.3. The summed E-state index contributed by atoms with van der Waals surface area (Å²) in [6.45, 7) is 4.75. The molecule has 2 heteroatoms. The van der Waals surface area contributed by atoms with Gasteiger partial charge >= 0.3 is 0 Å². The van der Waals surface area contributed by atoms with E-state index < -0.39 is 0 Å². The lowest BCUT2D eigenvalue weighted by molar-refractivity contribution is 0.280. The minimum atomic E-state index is 0.652. The standard InChI is InChI=1S/C15H23NS/c1-11-4-5-12(2)15(10-11)16-13-6-8-14(17-3)9-7-13/h6-9,11-12,15-16H,4-5,10H2,1-3H3. The van der Waals surface area contributed by atoms with Crippen molar-refractivity contribution in [1.82, 2.24) is 0 Å². The van der Waals surface area contributed by atoms with E-state index in [1.54, 1.807) is 11.8 Å². The number of benzene rings is 1. The Morgan fingerprint density at radius 3 is 2.47 bits per heavy atom. The molecule has 0 radical (unpaired) electrons. The first kappa shape index (κ1) is 12.8. The Morgan fingerprint density at radius 2 is 1.82 bits per heavy atom. The molecule has 0 saturated heterocycles. The van der Waals surface area contributed by atoms with Crippen molar-refractivity contribution in [2.24, 2.45) is 11.8 Å². The zero-order valence-corrected chi connectivity index (χ0v) is 11.9. The van der Waals surface area contributed by atoms with Crippen molar-refractivity contribution < 1.29 is 0 Å². The van der Waals surface area contributed by atoms with E-state index in [1.807, 2.05) is 0 Å². The summed E-state index contributed by atoms with van der Waals surface area (Å²) in [6, 6.07) is 9.46. The molecule has 3 atom stereocenters. The van der Waals surface area contributed by atoms with Crippen LogP contribution >= 0.6 is 11.8 Å². The molecule has 3 unspecified atom stereocenters. The van der Waals surface area contributed by atoms with Crippen molar-refractivity contribution in [1.29, 1.82) is 0 Å². The molecule has 1 aliphatic rings. The Kier molecular flexibility index (Phi) is 4.38. The zero-order valence-electron chi connectivity index (χ0n) is 11.1. The quantitative estimate of drug-likeness (QED) is 0.783. The van der Waals surface area contributed by atoms with Crippen molar-refractivity contribution in [3.63, 3.8) is 0 Å². The van der Waals surface area contributed by atoms with Gasteiger partial charge in [0.15, 0.2) is 0 Å². The largest absolute Gasteiger partial charge is 0.382 e. The van der Waals surface area contributed by atoms with Gasteiger partial charge in [0, 0.05) is 16.6 Å². The monoisotopic (exact) mass is 249 g/mol. The second-order valence-corrected chi connectivity index (χ2v) is 6.25. The molecule has 0 bridgehead atoms. The first-order valence-electron chi connectivity index (χ1n) is 6.59. The van der Waals surface area contributed by atoms with Gasteiger partial charge in [0.05, 0.1) is 0 Å². The second-order valence-electron chi connectivity index (χ2n) is 5.37. The lowest BCUT2D eigenvalue weighted by atomic mass is 9.80. The average Bonchev–Trinajstić information content (AvgIpc) is 2.35. The molecule has 0 aliphatic heterocycles. The third kappa shape index (κ3) is 3.41. The van der Waals surface area contributed by atoms with Gasteiger partial charge in [-0.2, -0.15) is 0 Å². The van der Waals surface area contributed by atoms with Crippen LogP contribution in [0.25, 0.3) is 0 Å². The molecule has 0 amide bonds. The molecular weight excluding hydrogens is 226 g/mol. The van der Waals surface area contributed by atoms with Crippen LogP contribution in [0.3, 0.4) is 0 Å². The smallest absolute Gasteiger partial charge is 0.0343 e. The van der Waals surface area contributed by atoms with E-state index >= 15 is 0 Å². The van der Waals surface area contributed by atoms with Crippen molar-refractivity contribution >= 4 is 17.4 Å². The van der Waals surface area contributed by atoms with Gasteiger partial charge in [-0.1, -0.05) is 20.3 Å². The van der Waals surface area contributed by atoms with Crippen molar-refractivity contribution in [3.8, 4) is 0 Å². The van der Waals surface area contributed by atoms with Crippen LogP contribution in [0.5, 0.6) is 0 Å². The first-order chi connectivity index (χ1) is 8.19. The van der Waals surface area contributed by atoms with Gasteiger partial charge in [-0.05, 0) is 55.2 Å². The van der Waals surface area contributed by atoms with Gasteiger partial charge in [0.25, 0.3) is 0 Å². The molecule has 1 aromatic carbocycles. The fourth-order valence-electron chi connectivity index (χ4n) is 2.63. The van der Waals surface area contributed by atoms with E-state index in [1.165, 1.54) is 29.8 Å². The normalized spacial score (nSPS) is 29.0. The molecule has 1 fully saturated rings. The molecule has 2 rings (SSSR count). The van der Waals surface area contributed by atoms with Crippen molar-refractivity contribution in [2.45, 2.75) is 44.0 Å². The summed E-state index contributed by atoms with van der Waals surface area (Å²) in [5.41, 5.74) is 1.27. The molecule has 1 nitrogen and oxygen atoms in total. The Morgan fingerprint density at radius 1 is 1.12 bits per heavy atom. The summed E-state index contributed by atoms with van der Waals surface area (Å²) < 4.78 is 0. The SMILES string of the molecule is CSc1ccc(NC2CC(C)CCC2C)cc1. The number of anilines is 1. The van der Waals surface area contributed by atoms with Crippen LogP contribution < -0.4 is 5.32 Å². The number of nitrogens with one attached hydrogen (secondary N) is 1. The van der Waals surface area contributed by atoms with Gasteiger partial charge in [0.1, 0.15) is 0 Å². The summed E-state index contributed by atoms with van der Waals surface area (Å²) in [5, 5.41) is 3.70. The molecule has 1 N–H and O–H groups in total. The lowest BCUT2D eigenvalue weighted by Gasteiger charge is -2.34. The molecule has 17 heavy (non-hydrogen) atoms. The molecule has 1 aliphatic carbocycles. The van der Waals surface area contributed by atoms with Crippen LogP contribution in [0.4, 0.5) is 5.69 Å². The van der Waals surface area contributed by atoms with E-state index in [4.69, 9.17) is 0 Å². The Bertz CT molecular complexity index is 346. The molecule has 94 valence electrons. The third-order valence-electron chi connectivity index (χ3n) is 3.90. The molecular formula is C15H23NS. The van der Waals surface area contributed by atoms with Crippen LogP contribution in [0.1, 0.15) is 33.1 Å². The summed E-state index contributed by atoms with van der Waals surface area (Å²) in [6.07, 6.45) is 6.19. The van der Waals surface area contributed by atoms with E-state index in [9.17, 15) is 0 Å². The minimum absolute atomic E-state index is 0.652. The van der Waals surface area contributed by atoms with Gasteiger partial charge in [0.2, 0.25) is 0 Å². The van der Waals surface area contributed by atoms with E-state index in [0.29, 0.717) is 6.04 Å². The van der Waals surface area contributed by atoms with E-state index in [0.717, 1.165) is 11.8 Å². The Labute approximate surface area is 109 Å². The maximum absolute atomic E-state index is 3.70. The lowest BCUT2D eigenvalue weighted by Crippen LogP contribution is -2.33. The Hall–Kier alpha value is -0.630. The fourth-order valence-corrected chi connectivity index (χ4v) is 3.04. The van der Waals surface area contributed by atoms with Crippen LogP contribution in [0.2, 0.25) is 0 Å². The van der Waals surface area contributed by atoms with Crippen LogP contribution in [0, 0.1) is 11.8 Å². The van der Waals surface area contributed by atoms with E-state index in [2.05, 4.69) is 49.7 Å². The Balaban J connectivity index is 1.98. The molecule has 1 saturated carbocycles. The van der Waals surface area contributed by atoms with E-state index in [-0.39, 0.29) is 0 Å². The number of rotatable bonds is 3. The summed E-state index contributed by atoms with van der Waals surface area (Å²) >= 11 is 1.80. The topological polar surface area (TPSA) is 12.0 Å². The van der Waals surface area contributed by atoms with Gasteiger partial charge in [-0.15, -0.1) is 11.8 Å². The van der Waals surface area contributed by atoms with Gasteiger partial charge in [-0.25, -0.2) is 0 Å². The minimum Gasteiger partial charge on any atom is -0.382 e. The summed E-state index contributed by atoms with van der Waals surface area (Å²) in [5.74, 6) is 1.67. The summed E-state index contributed by atoms with van der Waals surface area (Å²) in [7, 11) is 0. The van der Waals surface area contributed by atoms with Crippen LogP contribution in [0.15, 0.2) is 29.2 Å². The van der Waals surface area contributed by atoms with Crippen LogP contribution in [-0.4, -0.2) is 12.3 Å². The highest BCUT2D eigenvalue weighted by Crippen LogP contribution is 2.30. The first-order valence-corrected chi connectivity index (χ1v) is 7.82. The molecule has 0 heterocycles. The average molecular weight is 249 g/mol. The summed E-state index contributed by atoms with van der Waals surface area (Å²) in [4.78, 5) is 1.33. The predicted molar refractivity (Wildman–Crippen MR) is 77.8 cm³/mol. The number of thioether (sulfide) groups is 1. The number of hydrogen-bond donors (Lipinski definition) is 1. The molecule has 1 aromatic rings. The molecule has 0 aromatic heterocycles. The van der Waals surface area contributed by atoms with Crippen molar-refractivity contribution in [3.05, 3.63) is 24.3 Å². The van der Waals surface area contributed by atoms with Gasteiger partial charge < -0.3 is 5.32 Å². The van der Waals surface area contributed by atoms with Gasteiger partial charge in [-0.3, -0.25) is 0 Å². The maximum Gasteiger partial charge on any atom is 0.0343 e. The fraction of sp³-hybridized carbons (Fsp3) is 0.600. The van der Waals surface area contributed by atoms with Crippen molar-refractivity contribution in [2.75, 3.05) is 11.6 Å². The highest BCUT2D eigenvalue weighted by Gasteiger charge is 2.25. The second kappa shape index (κ2) is 5.81.